The Balaban J connectivity index is 1.67. The number of epoxide rings is 1. The van der Waals surface area contributed by atoms with Gasteiger partial charge in [-0.2, -0.15) is 0 Å². The zero-order valence-electron chi connectivity index (χ0n) is 18.0. The number of hydrogen-bond acceptors (Lipinski definition) is 7. The van der Waals surface area contributed by atoms with Gasteiger partial charge in [-0.3, -0.25) is 0 Å². The smallest absolute Gasteiger partial charge is 0.163 e. The fourth-order valence-corrected chi connectivity index (χ4v) is 3.95. The van der Waals surface area contributed by atoms with Crippen LogP contribution in [0.4, 0.5) is 0 Å². The van der Waals surface area contributed by atoms with E-state index in [1.165, 1.54) is 0 Å². The van der Waals surface area contributed by atoms with E-state index in [2.05, 4.69) is 13.5 Å². The maximum atomic E-state index is 10.9. The summed E-state index contributed by atoms with van der Waals surface area (Å²) in [5.74, 6) is -0.180. The highest BCUT2D eigenvalue weighted by Crippen LogP contribution is 2.39. The number of aliphatic hydroxyl groups is 1. The highest BCUT2D eigenvalue weighted by Gasteiger charge is 2.53. The lowest BCUT2D eigenvalue weighted by Crippen LogP contribution is -2.44. The topological polar surface area (TPSA) is 78.9 Å². The Bertz CT molecular complexity index is 640. The largest absolute Gasteiger partial charge is 0.390 e. The lowest BCUT2D eigenvalue weighted by molar-refractivity contribution is -0.179. The molecule has 2 heterocycles. The number of benzene rings is 1. The molecule has 0 amide bonds. The monoisotopic (exact) mass is 422 g/mol. The van der Waals surface area contributed by atoms with Crippen LogP contribution in [0.3, 0.4) is 0 Å². The van der Waals surface area contributed by atoms with E-state index in [9.17, 15) is 5.11 Å². The van der Waals surface area contributed by atoms with E-state index in [4.69, 9.17) is 28.4 Å². The molecule has 30 heavy (non-hydrogen) atoms. The van der Waals surface area contributed by atoms with Crippen molar-refractivity contribution in [3.05, 3.63) is 48.6 Å². The van der Waals surface area contributed by atoms with E-state index in [1.807, 2.05) is 37.3 Å². The van der Waals surface area contributed by atoms with Crippen LogP contribution in [-0.4, -0.2) is 69.0 Å². The molecule has 168 valence electrons. The minimum atomic E-state index is -0.704. The summed E-state index contributed by atoms with van der Waals surface area (Å²) in [4.78, 5) is 0. The SMILES string of the molecule is C=CCO[C@@H]1O[C@@H]([C@@H](OCc2ccccc2)[C@H](C)[C@H]2O[C@@H]2COCOC)[C@H](O)[C@H]1C. The van der Waals surface area contributed by atoms with Crippen LogP contribution < -0.4 is 0 Å². The normalized spacial score (nSPS) is 32.7. The zero-order valence-corrected chi connectivity index (χ0v) is 18.0. The van der Waals surface area contributed by atoms with Gasteiger partial charge in [-0.25, -0.2) is 0 Å². The Morgan fingerprint density at radius 1 is 1.20 bits per heavy atom. The Labute approximate surface area is 178 Å². The first-order valence-corrected chi connectivity index (χ1v) is 10.5. The third kappa shape index (κ3) is 5.88. The molecule has 7 heteroatoms. The van der Waals surface area contributed by atoms with Gasteiger partial charge in [-0.1, -0.05) is 50.3 Å². The Kier molecular flexibility index (Phi) is 8.83. The predicted molar refractivity (Wildman–Crippen MR) is 111 cm³/mol. The summed E-state index contributed by atoms with van der Waals surface area (Å²) in [6.45, 7) is 9.15. The first-order chi connectivity index (χ1) is 14.6. The molecule has 2 aliphatic heterocycles. The summed E-state index contributed by atoms with van der Waals surface area (Å²) in [5, 5.41) is 10.9. The van der Waals surface area contributed by atoms with E-state index in [-0.39, 0.29) is 36.9 Å². The van der Waals surface area contributed by atoms with Gasteiger partial charge in [-0.05, 0) is 5.56 Å². The van der Waals surface area contributed by atoms with E-state index in [1.54, 1.807) is 13.2 Å². The quantitative estimate of drug-likeness (QED) is 0.226. The van der Waals surface area contributed by atoms with Crippen molar-refractivity contribution in [1.29, 1.82) is 0 Å². The van der Waals surface area contributed by atoms with Gasteiger partial charge in [0, 0.05) is 18.9 Å². The summed E-state index contributed by atoms with van der Waals surface area (Å²) in [5.41, 5.74) is 1.06. The van der Waals surface area contributed by atoms with E-state index in [0.29, 0.717) is 19.8 Å². The number of hydrogen-bond donors (Lipinski definition) is 1. The standard InChI is InChI=1S/C23H34O7/c1-5-11-27-23-15(2)19(24)22(30-23)21(28-12-17-9-7-6-8-10-17)16(3)20-18(29-20)13-26-14-25-4/h5-10,15-16,18-24H,1,11-14H2,2-4H3/t15-,16-,18-,19-,20-,21+,22-,23-/m1/s1. The molecule has 0 radical (unpaired) electrons. The molecule has 1 N–H and O–H groups in total. The highest BCUT2D eigenvalue weighted by molar-refractivity contribution is 5.13. The van der Waals surface area contributed by atoms with Crippen LogP contribution >= 0.6 is 0 Å². The Morgan fingerprint density at radius 2 is 1.97 bits per heavy atom. The van der Waals surface area contributed by atoms with Crippen LogP contribution in [-0.2, 0) is 35.0 Å². The van der Waals surface area contributed by atoms with Crippen LogP contribution in [0.15, 0.2) is 43.0 Å². The molecule has 0 unspecified atom stereocenters. The first-order valence-electron chi connectivity index (χ1n) is 10.5. The number of aliphatic hydroxyl groups excluding tert-OH is 1. The number of ether oxygens (including phenoxy) is 6. The maximum Gasteiger partial charge on any atom is 0.163 e. The van der Waals surface area contributed by atoms with E-state index < -0.39 is 18.5 Å². The third-order valence-corrected chi connectivity index (χ3v) is 5.72. The Hall–Kier alpha value is -1.32. The average molecular weight is 423 g/mol. The van der Waals surface area contributed by atoms with Gasteiger partial charge in [0.2, 0.25) is 0 Å². The zero-order chi connectivity index (χ0) is 21.5. The molecular formula is C23H34O7. The fraction of sp³-hybridized carbons (Fsp3) is 0.652. The second-order valence-electron chi connectivity index (χ2n) is 7.98. The molecule has 0 aromatic heterocycles. The molecular weight excluding hydrogens is 388 g/mol. The van der Waals surface area contributed by atoms with Crippen LogP contribution in [0.5, 0.6) is 0 Å². The molecule has 0 aliphatic carbocycles. The van der Waals surface area contributed by atoms with Crippen LogP contribution in [0.25, 0.3) is 0 Å². The van der Waals surface area contributed by atoms with E-state index >= 15 is 0 Å². The fourth-order valence-electron chi connectivity index (χ4n) is 3.95. The van der Waals surface area contributed by atoms with Crippen molar-refractivity contribution >= 4 is 0 Å². The molecule has 0 saturated carbocycles. The predicted octanol–water partition coefficient (Wildman–Crippen LogP) is 2.52. The molecule has 2 fully saturated rings. The van der Waals surface area contributed by atoms with E-state index in [0.717, 1.165) is 5.56 Å². The Morgan fingerprint density at radius 3 is 2.67 bits per heavy atom. The molecule has 2 aliphatic rings. The van der Waals surface area contributed by atoms with Crippen LogP contribution in [0.2, 0.25) is 0 Å². The molecule has 0 spiro atoms. The molecule has 8 atom stereocenters. The second kappa shape index (κ2) is 11.3. The van der Waals surface area contributed by atoms with Gasteiger partial charge in [0.05, 0.1) is 38.1 Å². The van der Waals surface area contributed by atoms with Crippen molar-refractivity contribution in [1.82, 2.24) is 0 Å². The minimum absolute atomic E-state index is 0.00476. The van der Waals surface area contributed by atoms with Gasteiger partial charge >= 0.3 is 0 Å². The summed E-state index contributed by atoms with van der Waals surface area (Å²) < 4.78 is 34.3. The summed E-state index contributed by atoms with van der Waals surface area (Å²) in [7, 11) is 1.59. The molecule has 7 nitrogen and oxygen atoms in total. The van der Waals surface area contributed by atoms with Gasteiger partial charge in [0.15, 0.2) is 6.29 Å². The molecule has 3 rings (SSSR count). The van der Waals surface area contributed by atoms with Crippen molar-refractivity contribution in [2.45, 2.75) is 57.3 Å². The van der Waals surface area contributed by atoms with Gasteiger partial charge in [0.1, 0.15) is 19.0 Å². The van der Waals surface area contributed by atoms with Gasteiger partial charge in [-0.15, -0.1) is 6.58 Å². The van der Waals surface area contributed by atoms with Crippen LogP contribution in [0, 0.1) is 11.8 Å². The van der Waals surface area contributed by atoms with Gasteiger partial charge < -0.3 is 33.5 Å². The third-order valence-electron chi connectivity index (χ3n) is 5.72. The summed E-state index contributed by atoms with van der Waals surface area (Å²) in [6.07, 6.45) is -0.451. The van der Waals surface area contributed by atoms with Crippen molar-refractivity contribution in [3.63, 3.8) is 0 Å². The number of rotatable bonds is 13. The summed E-state index contributed by atoms with van der Waals surface area (Å²) >= 11 is 0. The maximum absolute atomic E-state index is 10.9. The molecule has 1 aromatic carbocycles. The first kappa shape index (κ1) is 23.3. The van der Waals surface area contributed by atoms with Crippen molar-refractivity contribution < 1.29 is 33.5 Å². The van der Waals surface area contributed by atoms with Crippen molar-refractivity contribution in [3.8, 4) is 0 Å². The summed E-state index contributed by atoms with van der Waals surface area (Å²) in [6, 6.07) is 9.96. The molecule has 0 bridgehead atoms. The lowest BCUT2D eigenvalue weighted by Gasteiger charge is -2.30. The minimum Gasteiger partial charge on any atom is -0.390 e. The number of methoxy groups -OCH3 is 1. The average Bonchev–Trinajstić information content (AvgIpc) is 3.48. The van der Waals surface area contributed by atoms with Gasteiger partial charge in [0.25, 0.3) is 0 Å². The molecule has 1 aromatic rings. The van der Waals surface area contributed by atoms with Crippen molar-refractivity contribution in [2.75, 3.05) is 27.1 Å². The lowest BCUT2D eigenvalue weighted by atomic mass is 9.89. The molecule has 2 saturated heterocycles. The van der Waals surface area contributed by atoms with Crippen LogP contribution in [0.1, 0.15) is 19.4 Å². The highest BCUT2D eigenvalue weighted by atomic mass is 16.7. The van der Waals surface area contributed by atoms with Crippen molar-refractivity contribution in [2.24, 2.45) is 11.8 Å². The second-order valence-corrected chi connectivity index (χ2v) is 7.98.